The van der Waals surface area contributed by atoms with Crippen LogP contribution in [0.5, 0.6) is 0 Å². The van der Waals surface area contributed by atoms with Crippen LogP contribution in [-0.4, -0.2) is 22.2 Å². The van der Waals surface area contributed by atoms with Crippen molar-refractivity contribution in [2.24, 2.45) is 0 Å². The van der Waals surface area contributed by atoms with Gasteiger partial charge in [0, 0.05) is 12.7 Å². The number of nitrogens with one attached hydrogen (secondary N) is 1. The van der Waals surface area contributed by atoms with E-state index in [0.29, 0.717) is 12.2 Å². The van der Waals surface area contributed by atoms with Crippen LogP contribution < -0.4 is 11.1 Å². The lowest BCUT2D eigenvalue weighted by Crippen LogP contribution is -2.24. The van der Waals surface area contributed by atoms with Crippen molar-refractivity contribution in [2.75, 3.05) is 12.3 Å². The van der Waals surface area contributed by atoms with E-state index < -0.39 is 0 Å². The summed E-state index contributed by atoms with van der Waals surface area (Å²) in [6, 6.07) is 0. The third kappa shape index (κ3) is 2.04. The van der Waals surface area contributed by atoms with Gasteiger partial charge < -0.3 is 11.1 Å². The van der Waals surface area contributed by atoms with E-state index in [2.05, 4.69) is 16.3 Å². The van der Waals surface area contributed by atoms with Gasteiger partial charge in [0.05, 0.1) is 12.2 Å². The Labute approximate surface area is 82.3 Å². The molecule has 0 aliphatic carbocycles. The number of terminal acetylenes is 1. The van der Waals surface area contributed by atoms with Crippen molar-refractivity contribution in [2.45, 2.75) is 13.5 Å². The highest BCUT2D eigenvalue weighted by atomic mass is 16.1. The lowest BCUT2D eigenvalue weighted by molar-refractivity contribution is 0.0954. The molecule has 5 nitrogen and oxygen atoms in total. The molecule has 1 rings (SSSR count). The minimum absolute atomic E-state index is 0.178. The summed E-state index contributed by atoms with van der Waals surface area (Å²) >= 11 is 0. The van der Waals surface area contributed by atoms with E-state index in [1.54, 1.807) is 10.9 Å². The summed E-state index contributed by atoms with van der Waals surface area (Å²) in [7, 11) is 0. The standard InChI is InChI=1S/C9H12N4O/c1-3-5-11-9(14)8-7(10)6-13(4-2)12-8/h1,6H,4-5,10H2,2H3,(H,11,14). The number of hydrogen-bond donors (Lipinski definition) is 2. The number of carbonyl (C=O) groups is 1. The van der Waals surface area contributed by atoms with Gasteiger partial charge in [-0.2, -0.15) is 5.10 Å². The Morgan fingerprint density at radius 1 is 1.86 bits per heavy atom. The molecule has 0 saturated heterocycles. The van der Waals surface area contributed by atoms with Gasteiger partial charge in [-0.15, -0.1) is 6.42 Å². The number of nitrogens with zero attached hydrogens (tertiary/aromatic N) is 2. The molecule has 1 aromatic heterocycles. The summed E-state index contributed by atoms with van der Waals surface area (Å²) in [6.07, 6.45) is 6.62. The summed E-state index contributed by atoms with van der Waals surface area (Å²) in [4.78, 5) is 11.4. The van der Waals surface area contributed by atoms with Crippen molar-refractivity contribution in [3.63, 3.8) is 0 Å². The number of rotatable bonds is 3. The molecule has 0 spiro atoms. The molecule has 0 unspecified atom stereocenters. The Morgan fingerprint density at radius 2 is 2.57 bits per heavy atom. The number of anilines is 1. The zero-order valence-electron chi connectivity index (χ0n) is 7.95. The van der Waals surface area contributed by atoms with Gasteiger partial charge in [-0.1, -0.05) is 5.92 Å². The summed E-state index contributed by atoms with van der Waals surface area (Å²) in [5, 5.41) is 6.49. The molecule has 74 valence electrons. The summed E-state index contributed by atoms with van der Waals surface area (Å²) in [6.45, 7) is 2.76. The van der Waals surface area contributed by atoms with Crippen LogP contribution in [0.2, 0.25) is 0 Å². The van der Waals surface area contributed by atoms with Crippen LogP contribution in [-0.2, 0) is 6.54 Å². The zero-order valence-corrected chi connectivity index (χ0v) is 7.95. The Hall–Kier alpha value is -1.96. The predicted molar refractivity (Wildman–Crippen MR) is 53.5 cm³/mol. The SMILES string of the molecule is C#CCNC(=O)c1nn(CC)cc1N. The summed E-state index contributed by atoms with van der Waals surface area (Å²) in [5.41, 5.74) is 6.18. The lowest BCUT2D eigenvalue weighted by Gasteiger charge is -1.97. The van der Waals surface area contributed by atoms with Crippen molar-refractivity contribution >= 4 is 11.6 Å². The Balaban J connectivity index is 2.79. The van der Waals surface area contributed by atoms with E-state index in [4.69, 9.17) is 12.2 Å². The van der Waals surface area contributed by atoms with Crippen molar-refractivity contribution in [1.82, 2.24) is 15.1 Å². The highest BCUT2D eigenvalue weighted by Gasteiger charge is 2.13. The van der Waals surface area contributed by atoms with Crippen LogP contribution in [0.1, 0.15) is 17.4 Å². The van der Waals surface area contributed by atoms with Gasteiger partial charge in [-0.3, -0.25) is 9.48 Å². The van der Waals surface area contributed by atoms with Crippen molar-refractivity contribution in [1.29, 1.82) is 0 Å². The molecule has 0 aliphatic heterocycles. The third-order valence-electron chi connectivity index (χ3n) is 1.68. The van der Waals surface area contributed by atoms with E-state index in [0.717, 1.165) is 0 Å². The minimum Gasteiger partial charge on any atom is -0.396 e. The first-order valence-electron chi connectivity index (χ1n) is 4.23. The van der Waals surface area contributed by atoms with E-state index in [-0.39, 0.29) is 18.1 Å². The molecule has 0 bridgehead atoms. The maximum Gasteiger partial charge on any atom is 0.274 e. The second-order valence-electron chi connectivity index (χ2n) is 2.68. The van der Waals surface area contributed by atoms with Gasteiger partial charge in [0.2, 0.25) is 0 Å². The molecule has 1 aromatic rings. The Bertz CT molecular complexity index is 375. The Kier molecular flexibility index (Phi) is 3.13. The first kappa shape index (κ1) is 10.1. The van der Waals surface area contributed by atoms with Gasteiger partial charge in [0.1, 0.15) is 0 Å². The molecule has 0 saturated carbocycles. The average molecular weight is 192 g/mol. The fraction of sp³-hybridized carbons (Fsp3) is 0.333. The topological polar surface area (TPSA) is 72.9 Å². The first-order chi connectivity index (χ1) is 6.69. The van der Waals surface area contributed by atoms with E-state index in [9.17, 15) is 4.79 Å². The number of nitrogen functional groups attached to an aromatic ring is 1. The van der Waals surface area contributed by atoms with Crippen molar-refractivity contribution < 1.29 is 4.79 Å². The largest absolute Gasteiger partial charge is 0.396 e. The van der Waals surface area contributed by atoms with E-state index >= 15 is 0 Å². The number of aromatic nitrogens is 2. The van der Waals surface area contributed by atoms with Gasteiger partial charge in [0.25, 0.3) is 5.91 Å². The maximum absolute atomic E-state index is 11.4. The average Bonchev–Trinajstić information content (AvgIpc) is 2.56. The quantitative estimate of drug-likeness (QED) is 0.654. The third-order valence-corrected chi connectivity index (χ3v) is 1.68. The monoisotopic (exact) mass is 192 g/mol. The summed E-state index contributed by atoms with van der Waals surface area (Å²) in [5.74, 6) is 1.96. The molecule has 14 heavy (non-hydrogen) atoms. The lowest BCUT2D eigenvalue weighted by atomic mass is 10.3. The van der Waals surface area contributed by atoms with E-state index in [1.807, 2.05) is 6.92 Å². The van der Waals surface area contributed by atoms with Crippen molar-refractivity contribution in [3.05, 3.63) is 11.9 Å². The normalized spacial score (nSPS) is 9.43. The van der Waals surface area contributed by atoms with E-state index in [1.165, 1.54) is 0 Å². The Morgan fingerprint density at radius 3 is 3.07 bits per heavy atom. The molecule has 1 heterocycles. The molecule has 3 N–H and O–H groups in total. The molecular weight excluding hydrogens is 180 g/mol. The molecule has 0 atom stereocenters. The van der Waals surface area contributed by atoms with Crippen molar-refractivity contribution in [3.8, 4) is 12.3 Å². The highest BCUT2D eigenvalue weighted by molar-refractivity contribution is 5.97. The number of aryl methyl sites for hydroxylation is 1. The number of carbonyl (C=O) groups excluding carboxylic acids is 1. The first-order valence-corrected chi connectivity index (χ1v) is 4.23. The van der Waals surface area contributed by atoms with Crippen LogP contribution in [0.15, 0.2) is 6.20 Å². The number of hydrogen-bond acceptors (Lipinski definition) is 3. The molecule has 0 aromatic carbocycles. The zero-order chi connectivity index (χ0) is 10.6. The van der Waals surface area contributed by atoms with Crippen LogP contribution in [0.3, 0.4) is 0 Å². The second kappa shape index (κ2) is 4.33. The molecule has 5 heteroatoms. The fourth-order valence-corrected chi connectivity index (χ4v) is 0.990. The maximum atomic E-state index is 11.4. The van der Waals surface area contributed by atoms with Gasteiger partial charge in [-0.05, 0) is 6.92 Å². The molecule has 0 fully saturated rings. The number of nitrogens with two attached hydrogens (primary N) is 1. The van der Waals surface area contributed by atoms with Gasteiger partial charge in [-0.25, -0.2) is 0 Å². The number of amides is 1. The minimum atomic E-state index is -0.340. The van der Waals surface area contributed by atoms with Gasteiger partial charge in [0.15, 0.2) is 5.69 Å². The molecule has 0 aliphatic rings. The summed E-state index contributed by atoms with van der Waals surface area (Å²) < 4.78 is 1.60. The smallest absolute Gasteiger partial charge is 0.274 e. The molecule has 0 radical (unpaired) electrons. The van der Waals surface area contributed by atoms with Crippen LogP contribution in [0.4, 0.5) is 5.69 Å². The predicted octanol–water partition coefficient (Wildman–Crippen LogP) is -0.152. The highest BCUT2D eigenvalue weighted by Crippen LogP contribution is 2.08. The molecular formula is C9H12N4O. The van der Waals surface area contributed by atoms with Crippen LogP contribution in [0, 0.1) is 12.3 Å². The van der Waals surface area contributed by atoms with Gasteiger partial charge >= 0.3 is 0 Å². The van der Waals surface area contributed by atoms with Crippen LogP contribution in [0.25, 0.3) is 0 Å². The second-order valence-corrected chi connectivity index (χ2v) is 2.68. The van der Waals surface area contributed by atoms with Crippen LogP contribution >= 0.6 is 0 Å². The molecule has 1 amide bonds. The fourth-order valence-electron chi connectivity index (χ4n) is 0.990.